The number of alkyl halides is 2. The van der Waals surface area contributed by atoms with Crippen molar-refractivity contribution in [2.24, 2.45) is 0 Å². The van der Waals surface area contributed by atoms with Gasteiger partial charge in [0.15, 0.2) is 6.10 Å². The number of carbonyl (C=O) groups is 1. The van der Waals surface area contributed by atoms with Crippen LogP contribution in [0.2, 0.25) is 0 Å². The first-order chi connectivity index (χ1) is 9.39. The van der Waals surface area contributed by atoms with E-state index in [2.05, 4.69) is 0 Å². The molecule has 0 aliphatic heterocycles. The SMILES string of the molecule is CC(Oc1ccccc1C#N)C(=O)NCC(F)(F)CO. The number of carbonyl (C=O) groups excluding carboxylic acids is 1. The Labute approximate surface area is 114 Å². The number of aliphatic hydroxyl groups excluding tert-OH is 1. The second-order valence-corrected chi connectivity index (χ2v) is 4.10. The molecule has 0 aliphatic carbocycles. The summed E-state index contributed by atoms with van der Waals surface area (Å²) in [4.78, 5) is 11.6. The molecule has 1 atom stereocenters. The Hall–Kier alpha value is -2.20. The highest BCUT2D eigenvalue weighted by molar-refractivity contribution is 5.80. The van der Waals surface area contributed by atoms with Crippen LogP contribution >= 0.6 is 0 Å². The summed E-state index contributed by atoms with van der Waals surface area (Å²) in [5.74, 6) is -3.93. The number of nitrogens with one attached hydrogen (secondary N) is 1. The van der Waals surface area contributed by atoms with E-state index in [1.54, 1.807) is 12.1 Å². The number of para-hydroxylation sites is 1. The van der Waals surface area contributed by atoms with E-state index in [0.717, 1.165) is 0 Å². The molecule has 0 saturated heterocycles. The number of ether oxygens (including phenoxy) is 1. The van der Waals surface area contributed by atoms with Gasteiger partial charge < -0.3 is 15.2 Å². The molecule has 7 heteroatoms. The van der Waals surface area contributed by atoms with Crippen molar-refractivity contribution in [2.75, 3.05) is 13.2 Å². The largest absolute Gasteiger partial charge is 0.480 e. The normalized spacial score (nSPS) is 12.3. The molecule has 2 N–H and O–H groups in total. The Morgan fingerprint density at radius 1 is 1.55 bits per heavy atom. The Kier molecular flexibility index (Phi) is 5.41. The lowest BCUT2D eigenvalue weighted by Crippen LogP contribution is -2.44. The van der Waals surface area contributed by atoms with Crippen molar-refractivity contribution in [3.05, 3.63) is 29.8 Å². The predicted octanol–water partition coefficient (Wildman–Crippen LogP) is 1.07. The predicted molar refractivity (Wildman–Crippen MR) is 66.3 cm³/mol. The zero-order valence-corrected chi connectivity index (χ0v) is 10.8. The van der Waals surface area contributed by atoms with Gasteiger partial charge in [0, 0.05) is 0 Å². The van der Waals surface area contributed by atoms with E-state index in [-0.39, 0.29) is 11.3 Å². The number of benzene rings is 1. The van der Waals surface area contributed by atoms with Gasteiger partial charge in [-0.05, 0) is 19.1 Å². The van der Waals surface area contributed by atoms with Crippen LogP contribution in [0.1, 0.15) is 12.5 Å². The van der Waals surface area contributed by atoms with Crippen molar-refractivity contribution in [3.63, 3.8) is 0 Å². The molecule has 1 rings (SSSR count). The quantitative estimate of drug-likeness (QED) is 0.818. The van der Waals surface area contributed by atoms with Crippen LogP contribution in [0.25, 0.3) is 0 Å². The third-order valence-electron chi connectivity index (χ3n) is 2.43. The number of aliphatic hydroxyl groups is 1. The highest BCUT2D eigenvalue weighted by Gasteiger charge is 2.29. The van der Waals surface area contributed by atoms with Crippen LogP contribution in [0.15, 0.2) is 24.3 Å². The van der Waals surface area contributed by atoms with E-state index in [1.165, 1.54) is 19.1 Å². The van der Waals surface area contributed by atoms with Crippen molar-refractivity contribution in [2.45, 2.75) is 19.0 Å². The standard InChI is InChI=1S/C13H14F2N2O3/c1-9(12(19)17-7-13(14,15)8-18)20-11-5-3-2-4-10(11)6-16/h2-5,9,18H,7-8H2,1H3,(H,17,19). The average Bonchev–Trinajstić information content (AvgIpc) is 2.45. The molecule has 0 radical (unpaired) electrons. The molecule has 0 aliphatic rings. The fraction of sp³-hybridized carbons (Fsp3) is 0.385. The highest BCUT2D eigenvalue weighted by atomic mass is 19.3. The van der Waals surface area contributed by atoms with Crippen molar-refractivity contribution in [1.29, 1.82) is 5.26 Å². The number of halogens is 2. The van der Waals surface area contributed by atoms with E-state index in [4.69, 9.17) is 15.1 Å². The fourth-order valence-electron chi connectivity index (χ4n) is 1.32. The summed E-state index contributed by atoms with van der Waals surface area (Å²) in [5, 5.41) is 19.2. The number of nitrogens with zero attached hydrogens (tertiary/aromatic N) is 1. The smallest absolute Gasteiger partial charge is 0.287 e. The number of hydrogen-bond donors (Lipinski definition) is 2. The first-order valence-electron chi connectivity index (χ1n) is 5.82. The molecule has 0 spiro atoms. The van der Waals surface area contributed by atoms with Crippen molar-refractivity contribution >= 4 is 5.91 Å². The van der Waals surface area contributed by atoms with Gasteiger partial charge in [-0.25, -0.2) is 8.78 Å². The van der Waals surface area contributed by atoms with E-state index in [9.17, 15) is 13.6 Å². The summed E-state index contributed by atoms with van der Waals surface area (Å²) in [5.41, 5.74) is 0.243. The Morgan fingerprint density at radius 2 is 2.20 bits per heavy atom. The Balaban J connectivity index is 2.60. The van der Waals surface area contributed by atoms with Crippen LogP contribution in [0.5, 0.6) is 5.75 Å². The topological polar surface area (TPSA) is 82.3 Å². The summed E-state index contributed by atoms with van der Waals surface area (Å²) in [6, 6.07) is 8.18. The minimum absolute atomic E-state index is 0.201. The van der Waals surface area contributed by atoms with Crippen LogP contribution in [-0.2, 0) is 4.79 Å². The summed E-state index contributed by atoms with van der Waals surface area (Å²) < 4.78 is 30.8. The van der Waals surface area contributed by atoms with Crippen LogP contribution in [0.3, 0.4) is 0 Å². The molecule has 0 fully saturated rings. The minimum Gasteiger partial charge on any atom is -0.480 e. The second kappa shape index (κ2) is 6.82. The Bertz CT molecular complexity index is 515. The van der Waals surface area contributed by atoms with Gasteiger partial charge in [0.1, 0.15) is 18.4 Å². The molecule has 0 aromatic heterocycles. The maximum Gasteiger partial charge on any atom is 0.287 e. The average molecular weight is 284 g/mol. The third-order valence-corrected chi connectivity index (χ3v) is 2.43. The highest BCUT2D eigenvalue weighted by Crippen LogP contribution is 2.18. The van der Waals surface area contributed by atoms with Crippen LogP contribution in [0.4, 0.5) is 8.78 Å². The third kappa shape index (κ3) is 4.48. The lowest BCUT2D eigenvalue weighted by molar-refractivity contribution is -0.130. The van der Waals surface area contributed by atoms with Crippen molar-refractivity contribution in [1.82, 2.24) is 5.32 Å². The molecular weight excluding hydrogens is 270 g/mol. The van der Waals surface area contributed by atoms with Gasteiger partial charge >= 0.3 is 0 Å². The van der Waals surface area contributed by atoms with Crippen molar-refractivity contribution in [3.8, 4) is 11.8 Å². The molecule has 1 unspecified atom stereocenters. The zero-order chi connectivity index (χ0) is 15.2. The van der Waals surface area contributed by atoms with Gasteiger partial charge in [-0.3, -0.25) is 4.79 Å². The monoisotopic (exact) mass is 284 g/mol. The molecule has 20 heavy (non-hydrogen) atoms. The molecule has 1 aromatic rings. The number of amides is 1. The van der Waals surface area contributed by atoms with Crippen LogP contribution in [-0.4, -0.2) is 36.2 Å². The first-order valence-corrected chi connectivity index (χ1v) is 5.82. The molecule has 108 valence electrons. The molecule has 5 nitrogen and oxygen atoms in total. The maximum absolute atomic E-state index is 12.8. The first kappa shape index (κ1) is 15.9. The molecule has 1 amide bonds. The second-order valence-electron chi connectivity index (χ2n) is 4.10. The lowest BCUT2D eigenvalue weighted by Gasteiger charge is -2.18. The van der Waals surface area contributed by atoms with Gasteiger partial charge in [0.25, 0.3) is 11.8 Å². The summed E-state index contributed by atoms with van der Waals surface area (Å²) in [6.45, 7) is -0.948. The van der Waals surface area contributed by atoms with Gasteiger partial charge in [0.2, 0.25) is 0 Å². The molecule has 1 aromatic carbocycles. The van der Waals surface area contributed by atoms with Gasteiger partial charge in [-0.1, -0.05) is 12.1 Å². The lowest BCUT2D eigenvalue weighted by atomic mass is 10.2. The molecule has 0 bridgehead atoms. The molecule has 0 saturated carbocycles. The number of hydrogen-bond acceptors (Lipinski definition) is 4. The number of rotatable bonds is 6. The van der Waals surface area contributed by atoms with Crippen LogP contribution < -0.4 is 10.1 Å². The number of nitriles is 1. The zero-order valence-electron chi connectivity index (χ0n) is 10.8. The summed E-state index contributed by atoms with van der Waals surface area (Å²) in [6.07, 6.45) is -1.04. The van der Waals surface area contributed by atoms with Gasteiger partial charge in [0.05, 0.1) is 12.1 Å². The maximum atomic E-state index is 12.8. The van der Waals surface area contributed by atoms with Gasteiger partial charge in [-0.2, -0.15) is 5.26 Å². The Morgan fingerprint density at radius 3 is 2.80 bits per heavy atom. The van der Waals surface area contributed by atoms with E-state index >= 15 is 0 Å². The summed E-state index contributed by atoms with van der Waals surface area (Å²) in [7, 11) is 0. The minimum atomic E-state index is -3.38. The van der Waals surface area contributed by atoms with Crippen LogP contribution in [0, 0.1) is 11.3 Å². The van der Waals surface area contributed by atoms with E-state index in [0.29, 0.717) is 0 Å². The molecule has 0 heterocycles. The van der Waals surface area contributed by atoms with Gasteiger partial charge in [-0.15, -0.1) is 0 Å². The molecular formula is C13H14F2N2O3. The fourth-order valence-corrected chi connectivity index (χ4v) is 1.32. The van der Waals surface area contributed by atoms with E-state index < -0.39 is 31.1 Å². The van der Waals surface area contributed by atoms with Crippen molar-refractivity contribution < 1.29 is 23.4 Å². The summed E-state index contributed by atoms with van der Waals surface area (Å²) >= 11 is 0. The van der Waals surface area contributed by atoms with E-state index in [1.807, 2.05) is 11.4 Å².